The highest BCUT2D eigenvalue weighted by Crippen LogP contribution is 2.28. The molecule has 0 radical (unpaired) electrons. The Hall–Kier alpha value is -1.06. The highest BCUT2D eigenvalue weighted by molar-refractivity contribution is 5.87. The first-order valence-corrected chi connectivity index (χ1v) is 11.5. The first-order valence-electron chi connectivity index (χ1n) is 11.5. The fourth-order valence-corrected chi connectivity index (χ4v) is 3.93. The summed E-state index contributed by atoms with van der Waals surface area (Å²) in [5.41, 5.74) is 0. The predicted octanol–water partition coefficient (Wildman–Crippen LogP) is 6.22. The fourth-order valence-electron chi connectivity index (χ4n) is 3.93. The van der Waals surface area contributed by atoms with Crippen molar-refractivity contribution >= 4 is 11.9 Å². The molecule has 4 nitrogen and oxygen atoms in total. The lowest BCUT2D eigenvalue weighted by atomic mass is 9.99. The van der Waals surface area contributed by atoms with Crippen LogP contribution in [0.1, 0.15) is 118 Å². The van der Waals surface area contributed by atoms with Gasteiger partial charge in [-0.15, -0.1) is 0 Å². The van der Waals surface area contributed by atoms with Gasteiger partial charge in [0.1, 0.15) is 6.04 Å². The van der Waals surface area contributed by atoms with Gasteiger partial charge in [0.2, 0.25) is 5.91 Å². The van der Waals surface area contributed by atoms with Crippen molar-refractivity contribution in [2.24, 2.45) is 5.92 Å². The maximum absolute atomic E-state index is 12.7. The highest BCUT2D eigenvalue weighted by Gasteiger charge is 2.44. The van der Waals surface area contributed by atoms with Crippen molar-refractivity contribution in [1.29, 1.82) is 0 Å². The topological polar surface area (TPSA) is 46.6 Å². The summed E-state index contributed by atoms with van der Waals surface area (Å²) in [5, 5.41) is 0. The van der Waals surface area contributed by atoms with Gasteiger partial charge in [-0.25, -0.2) is 4.79 Å². The van der Waals surface area contributed by atoms with E-state index in [9.17, 15) is 9.59 Å². The molecule has 0 N–H and O–H groups in total. The van der Waals surface area contributed by atoms with Crippen LogP contribution >= 0.6 is 0 Å². The first-order chi connectivity index (χ1) is 13.0. The van der Waals surface area contributed by atoms with Gasteiger partial charge in [-0.3, -0.25) is 9.69 Å². The third-order valence-electron chi connectivity index (χ3n) is 5.80. The summed E-state index contributed by atoms with van der Waals surface area (Å²) in [6, 6.07) is -0.436. The van der Waals surface area contributed by atoms with E-state index in [-0.39, 0.29) is 24.0 Å². The summed E-state index contributed by atoms with van der Waals surface area (Å²) in [4.78, 5) is 26.5. The van der Waals surface area contributed by atoms with Crippen LogP contribution in [0.4, 0.5) is 0 Å². The number of hydrogen-bond acceptors (Lipinski definition) is 3. The van der Waals surface area contributed by atoms with Crippen LogP contribution < -0.4 is 0 Å². The van der Waals surface area contributed by atoms with Crippen LogP contribution in [0.3, 0.4) is 0 Å². The molecule has 158 valence electrons. The summed E-state index contributed by atoms with van der Waals surface area (Å²) in [6.07, 6.45) is 15.7. The molecule has 1 aliphatic rings. The maximum Gasteiger partial charge on any atom is 0.330 e. The normalized spacial score (nSPS) is 20.7. The van der Waals surface area contributed by atoms with E-state index >= 15 is 0 Å². The van der Waals surface area contributed by atoms with Crippen LogP contribution in [0, 0.1) is 5.92 Å². The molecule has 1 heterocycles. The number of carbonyl (C=O) groups excluding carboxylic acids is 2. The van der Waals surface area contributed by atoms with Crippen LogP contribution in [-0.4, -0.2) is 29.0 Å². The van der Waals surface area contributed by atoms with Crippen molar-refractivity contribution < 1.29 is 14.3 Å². The van der Waals surface area contributed by atoms with Gasteiger partial charge in [-0.05, 0) is 19.8 Å². The second kappa shape index (κ2) is 14.0. The Bertz CT molecular complexity index is 424. The summed E-state index contributed by atoms with van der Waals surface area (Å²) in [6.45, 7) is 8.35. The van der Waals surface area contributed by atoms with Crippen LogP contribution in [0.5, 0.6) is 0 Å². The van der Waals surface area contributed by atoms with Gasteiger partial charge < -0.3 is 4.74 Å². The number of hydrogen-bond donors (Lipinski definition) is 0. The summed E-state index contributed by atoms with van der Waals surface area (Å²) < 4.78 is 5.59. The Morgan fingerprint density at radius 3 is 2.04 bits per heavy atom. The Balaban J connectivity index is 2.39. The summed E-state index contributed by atoms with van der Waals surface area (Å²) >= 11 is 0. The van der Waals surface area contributed by atoms with Gasteiger partial charge in [0, 0.05) is 12.3 Å². The third kappa shape index (κ3) is 8.66. The van der Waals surface area contributed by atoms with E-state index in [0.717, 1.165) is 25.7 Å². The molecule has 1 amide bonds. The van der Waals surface area contributed by atoms with Gasteiger partial charge >= 0.3 is 5.97 Å². The largest absolute Gasteiger partial charge is 0.440 e. The van der Waals surface area contributed by atoms with Crippen molar-refractivity contribution in [3.05, 3.63) is 0 Å². The van der Waals surface area contributed by atoms with E-state index in [1.165, 1.54) is 57.8 Å². The minimum Gasteiger partial charge on any atom is -0.440 e. The van der Waals surface area contributed by atoms with E-state index in [1.807, 2.05) is 0 Å². The molecule has 3 atom stereocenters. The molecule has 0 spiro atoms. The lowest BCUT2D eigenvalue weighted by molar-refractivity contribution is -0.147. The number of unbranched alkanes of at least 4 members (excludes halogenated alkanes) is 10. The molecule has 0 aromatic carbocycles. The second-order valence-electron chi connectivity index (χ2n) is 8.36. The van der Waals surface area contributed by atoms with Crippen LogP contribution in [0.2, 0.25) is 0 Å². The average Bonchev–Trinajstić information content (AvgIpc) is 2.95. The zero-order valence-corrected chi connectivity index (χ0v) is 18.3. The van der Waals surface area contributed by atoms with Crippen LogP contribution in [0.15, 0.2) is 0 Å². The van der Waals surface area contributed by atoms with E-state index in [0.29, 0.717) is 6.42 Å². The number of amides is 1. The lowest BCUT2D eigenvalue weighted by Gasteiger charge is -2.29. The molecule has 1 saturated heterocycles. The van der Waals surface area contributed by atoms with E-state index < -0.39 is 6.04 Å². The highest BCUT2D eigenvalue weighted by atomic mass is 16.6. The Morgan fingerprint density at radius 2 is 1.44 bits per heavy atom. The third-order valence-corrected chi connectivity index (χ3v) is 5.80. The monoisotopic (exact) mass is 381 g/mol. The molecule has 0 aromatic rings. The molecule has 1 rings (SSSR count). The molecule has 4 heteroatoms. The smallest absolute Gasteiger partial charge is 0.330 e. The van der Waals surface area contributed by atoms with Gasteiger partial charge in [0.05, 0.1) is 0 Å². The number of esters is 1. The summed E-state index contributed by atoms with van der Waals surface area (Å²) in [7, 11) is 0. The molecule has 0 bridgehead atoms. The Labute approximate surface area is 167 Å². The molecule has 3 unspecified atom stereocenters. The van der Waals surface area contributed by atoms with Crippen molar-refractivity contribution in [3.8, 4) is 0 Å². The van der Waals surface area contributed by atoms with Gasteiger partial charge in [0.25, 0.3) is 0 Å². The SMILES string of the molecule is CCCCCCCCCC(C)C1OC(=O)C(C)N1C(=O)CCCCCCC. The van der Waals surface area contributed by atoms with E-state index in [1.54, 1.807) is 11.8 Å². The molecular formula is C23H43NO3. The standard InChI is InChI=1S/C23H43NO3/c1-5-7-9-11-12-14-15-17-19(3)22-24(20(4)23(26)27-22)21(25)18-16-13-10-8-6-2/h19-20,22H,5-18H2,1-4H3. The maximum atomic E-state index is 12.7. The predicted molar refractivity (Wildman–Crippen MR) is 111 cm³/mol. The molecule has 0 saturated carbocycles. The number of carbonyl (C=O) groups is 2. The van der Waals surface area contributed by atoms with Crippen molar-refractivity contribution in [2.75, 3.05) is 0 Å². The molecule has 1 fully saturated rings. The zero-order valence-electron chi connectivity index (χ0n) is 18.3. The summed E-state index contributed by atoms with van der Waals surface area (Å²) in [5.74, 6) is 0.0468. The van der Waals surface area contributed by atoms with Crippen LogP contribution in [0.25, 0.3) is 0 Å². The number of rotatable bonds is 15. The van der Waals surface area contributed by atoms with Crippen molar-refractivity contribution in [3.63, 3.8) is 0 Å². The number of cyclic esters (lactones) is 1. The quantitative estimate of drug-likeness (QED) is 0.250. The van der Waals surface area contributed by atoms with E-state index in [2.05, 4.69) is 20.8 Å². The number of ether oxygens (including phenoxy) is 1. The number of nitrogens with zero attached hydrogens (tertiary/aromatic N) is 1. The zero-order chi connectivity index (χ0) is 20.1. The molecule has 0 aliphatic carbocycles. The molecule has 0 aromatic heterocycles. The minimum absolute atomic E-state index is 0.0845. The van der Waals surface area contributed by atoms with Gasteiger partial charge in [-0.1, -0.05) is 91.4 Å². The second-order valence-corrected chi connectivity index (χ2v) is 8.36. The van der Waals surface area contributed by atoms with E-state index in [4.69, 9.17) is 4.74 Å². The molecule has 27 heavy (non-hydrogen) atoms. The van der Waals surface area contributed by atoms with Crippen molar-refractivity contribution in [1.82, 2.24) is 4.90 Å². The Kier molecular flexibility index (Phi) is 12.4. The van der Waals surface area contributed by atoms with Gasteiger partial charge in [-0.2, -0.15) is 0 Å². The average molecular weight is 382 g/mol. The molecule has 1 aliphatic heterocycles. The molecular weight excluding hydrogens is 338 g/mol. The lowest BCUT2D eigenvalue weighted by Crippen LogP contribution is -2.44. The van der Waals surface area contributed by atoms with Gasteiger partial charge in [0.15, 0.2) is 6.23 Å². The van der Waals surface area contributed by atoms with Crippen molar-refractivity contribution in [2.45, 2.75) is 130 Å². The minimum atomic E-state index is -0.436. The van der Waals surface area contributed by atoms with Crippen LogP contribution in [-0.2, 0) is 14.3 Å². The first kappa shape index (κ1) is 24.0. The fraction of sp³-hybridized carbons (Fsp3) is 0.913. The Morgan fingerprint density at radius 1 is 0.926 bits per heavy atom.